The van der Waals surface area contributed by atoms with Crippen LogP contribution in [0.25, 0.3) is 0 Å². The number of hydrogen-bond acceptors (Lipinski definition) is 1. The van der Waals surface area contributed by atoms with E-state index in [0.29, 0.717) is 23.0 Å². The molecule has 0 aliphatic heterocycles. The Hall–Kier alpha value is -0.850. The van der Waals surface area contributed by atoms with Gasteiger partial charge in [-0.05, 0) is 34.1 Å². The van der Waals surface area contributed by atoms with Gasteiger partial charge in [0.2, 0.25) is 0 Å². The van der Waals surface area contributed by atoms with Crippen molar-refractivity contribution in [2.75, 3.05) is 6.54 Å². The van der Waals surface area contributed by atoms with Gasteiger partial charge in [0.05, 0.1) is 4.47 Å². The van der Waals surface area contributed by atoms with E-state index < -0.39 is 0 Å². The fraction of sp³-hybridized carbons (Fsp3) is 0.200. The molecule has 68 valence electrons. The first-order valence-electron chi connectivity index (χ1n) is 3.88. The molecule has 0 atom stereocenters. The fourth-order valence-electron chi connectivity index (χ4n) is 0.811. The fourth-order valence-corrected chi connectivity index (χ4v) is 1.06. The normalized spacial score (nSPS) is 9.15. The maximum Gasteiger partial charge on any atom is 0.138 e. The maximum absolute atomic E-state index is 12.9. The topological polar surface area (TPSA) is 26.0 Å². The summed E-state index contributed by atoms with van der Waals surface area (Å²) in [7, 11) is 0. The van der Waals surface area contributed by atoms with Crippen LogP contribution in [0.4, 0.5) is 4.39 Å². The highest BCUT2D eigenvalue weighted by atomic mass is 79.9. The summed E-state index contributed by atoms with van der Waals surface area (Å²) >= 11 is 3.07. The van der Waals surface area contributed by atoms with Crippen molar-refractivity contribution < 1.29 is 4.39 Å². The van der Waals surface area contributed by atoms with Crippen LogP contribution in [0, 0.1) is 17.7 Å². The van der Waals surface area contributed by atoms with Gasteiger partial charge in [0.15, 0.2) is 0 Å². The Balaban J connectivity index is 2.81. The van der Waals surface area contributed by atoms with E-state index in [1.807, 2.05) is 0 Å². The monoisotopic (exact) mass is 241 g/mol. The molecule has 1 aromatic carbocycles. The summed E-state index contributed by atoms with van der Waals surface area (Å²) < 4.78 is 13.4. The Morgan fingerprint density at radius 2 is 2.23 bits per heavy atom. The highest BCUT2D eigenvalue weighted by Gasteiger charge is 1.97. The molecule has 0 unspecified atom stereocenters. The molecule has 2 N–H and O–H groups in total. The second-order valence-corrected chi connectivity index (χ2v) is 3.32. The van der Waals surface area contributed by atoms with E-state index in [9.17, 15) is 4.39 Å². The van der Waals surface area contributed by atoms with Crippen LogP contribution in [-0.4, -0.2) is 6.54 Å². The van der Waals surface area contributed by atoms with Crippen molar-refractivity contribution in [1.29, 1.82) is 0 Å². The number of rotatable bonds is 1. The number of benzene rings is 1. The van der Waals surface area contributed by atoms with Gasteiger partial charge in [0, 0.05) is 18.5 Å². The smallest absolute Gasteiger partial charge is 0.138 e. The summed E-state index contributed by atoms with van der Waals surface area (Å²) in [5.41, 5.74) is 5.94. The summed E-state index contributed by atoms with van der Waals surface area (Å²) in [5.74, 6) is 5.37. The van der Waals surface area contributed by atoms with Crippen molar-refractivity contribution in [3.8, 4) is 11.8 Å². The van der Waals surface area contributed by atoms with Gasteiger partial charge in [0.1, 0.15) is 5.82 Å². The van der Waals surface area contributed by atoms with Crippen LogP contribution in [0.2, 0.25) is 0 Å². The van der Waals surface area contributed by atoms with E-state index in [0.717, 1.165) is 0 Å². The van der Waals surface area contributed by atoms with Gasteiger partial charge in [0.25, 0.3) is 0 Å². The van der Waals surface area contributed by atoms with Gasteiger partial charge >= 0.3 is 0 Å². The molecular formula is C10H9BrFN. The Kier molecular flexibility index (Phi) is 3.94. The molecule has 0 aliphatic rings. The predicted molar refractivity (Wildman–Crippen MR) is 54.6 cm³/mol. The Morgan fingerprint density at radius 3 is 2.85 bits per heavy atom. The number of hydrogen-bond donors (Lipinski definition) is 1. The lowest BCUT2D eigenvalue weighted by Gasteiger charge is -1.93. The van der Waals surface area contributed by atoms with Crippen LogP contribution in [0.3, 0.4) is 0 Å². The molecule has 3 heteroatoms. The highest BCUT2D eigenvalue weighted by Crippen LogP contribution is 2.15. The molecular weight excluding hydrogens is 233 g/mol. The van der Waals surface area contributed by atoms with Gasteiger partial charge in [-0.3, -0.25) is 0 Å². The van der Waals surface area contributed by atoms with Crippen LogP contribution in [-0.2, 0) is 0 Å². The van der Waals surface area contributed by atoms with E-state index >= 15 is 0 Å². The molecule has 1 rings (SSSR count). The molecule has 13 heavy (non-hydrogen) atoms. The van der Waals surface area contributed by atoms with Gasteiger partial charge < -0.3 is 5.73 Å². The van der Waals surface area contributed by atoms with Crippen LogP contribution in [0.15, 0.2) is 22.7 Å². The first-order valence-corrected chi connectivity index (χ1v) is 4.67. The summed E-state index contributed by atoms with van der Waals surface area (Å²) in [6.45, 7) is 0.534. The average molecular weight is 242 g/mol. The Bertz CT molecular complexity index is 352. The molecule has 0 aromatic heterocycles. The Morgan fingerprint density at radius 1 is 1.46 bits per heavy atom. The molecule has 0 bridgehead atoms. The van der Waals surface area contributed by atoms with Crippen molar-refractivity contribution in [3.63, 3.8) is 0 Å². The highest BCUT2D eigenvalue weighted by molar-refractivity contribution is 9.10. The van der Waals surface area contributed by atoms with Crippen molar-refractivity contribution >= 4 is 15.9 Å². The van der Waals surface area contributed by atoms with Gasteiger partial charge in [-0.1, -0.05) is 11.8 Å². The van der Waals surface area contributed by atoms with Gasteiger partial charge in [-0.2, -0.15) is 0 Å². The van der Waals surface area contributed by atoms with Crippen LogP contribution in [0.1, 0.15) is 12.0 Å². The minimum Gasteiger partial charge on any atom is -0.330 e. The lowest BCUT2D eigenvalue weighted by atomic mass is 10.2. The standard InChI is InChI=1S/C10H9BrFN/c11-9-5-4-8(7-10(9)12)3-1-2-6-13/h4-5,7H,2,6,13H2. The first kappa shape index (κ1) is 10.2. The van der Waals surface area contributed by atoms with Crippen molar-refractivity contribution in [3.05, 3.63) is 34.1 Å². The van der Waals surface area contributed by atoms with E-state index in [4.69, 9.17) is 5.73 Å². The molecule has 1 aromatic rings. The summed E-state index contributed by atoms with van der Waals surface area (Å²) in [4.78, 5) is 0. The summed E-state index contributed by atoms with van der Waals surface area (Å²) in [6.07, 6.45) is 0.637. The van der Waals surface area contributed by atoms with E-state index in [1.165, 1.54) is 6.07 Å². The second kappa shape index (κ2) is 5.00. The first-order chi connectivity index (χ1) is 6.24. The number of nitrogens with two attached hydrogens (primary N) is 1. The molecule has 0 saturated carbocycles. The third kappa shape index (κ3) is 3.17. The predicted octanol–water partition coefficient (Wildman–Crippen LogP) is 2.29. The third-order valence-corrected chi connectivity index (χ3v) is 2.06. The lowest BCUT2D eigenvalue weighted by Crippen LogP contribution is -1.95. The SMILES string of the molecule is NCCC#Cc1ccc(Br)c(F)c1. The second-order valence-electron chi connectivity index (χ2n) is 2.47. The van der Waals surface area contributed by atoms with Gasteiger partial charge in [-0.25, -0.2) is 4.39 Å². The molecule has 0 aliphatic carbocycles. The van der Waals surface area contributed by atoms with Crippen LogP contribution < -0.4 is 5.73 Å². The van der Waals surface area contributed by atoms with Gasteiger partial charge in [-0.15, -0.1) is 0 Å². The van der Waals surface area contributed by atoms with E-state index in [-0.39, 0.29) is 5.82 Å². The minimum atomic E-state index is -0.292. The molecule has 0 radical (unpaired) electrons. The van der Waals surface area contributed by atoms with Crippen LogP contribution in [0.5, 0.6) is 0 Å². The quantitative estimate of drug-likeness (QED) is 0.751. The summed E-state index contributed by atoms with van der Waals surface area (Å²) in [6, 6.07) is 4.80. The number of halogens is 2. The molecule has 0 spiro atoms. The minimum absolute atomic E-state index is 0.292. The molecule has 0 amide bonds. The molecule has 0 saturated heterocycles. The maximum atomic E-state index is 12.9. The van der Waals surface area contributed by atoms with Crippen molar-refractivity contribution in [2.24, 2.45) is 5.73 Å². The lowest BCUT2D eigenvalue weighted by molar-refractivity contribution is 0.620. The van der Waals surface area contributed by atoms with E-state index in [1.54, 1.807) is 12.1 Å². The molecule has 0 fully saturated rings. The zero-order chi connectivity index (χ0) is 9.68. The third-order valence-electron chi connectivity index (χ3n) is 1.42. The largest absolute Gasteiger partial charge is 0.330 e. The van der Waals surface area contributed by atoms with E-state index in [2.05, 4.69) is 27.8 Å². The molecule has 0 heterocycles. The average Bonchev–Trinajstić information content (AvgIpc) is 2.12. The summed E-state index contributed by atoms with van der Waals surface area (Å²) in [5, 5.41) is 0. The van der Waals surface area contributed by atoms with Crippen molar-refractivity contribution in [2.45, 2.75) is 6.42 Å². The Labute approximate surface area is 85.3 Å². The molecule has 1 nitrogen and oxygen atoms in total. The van der Waals surface area contributed by atoms with Crippen molar-refractivity contribution in [1.82, 2.24) is 0 Å². The zero-order valence-electron chi connectivity index (χ0n) is 6.98. The zero-order valence-corrected chi connectivity index (χ0v) is 8.57. The van der Waals surface area contributed by atoms with Crippen LogP contribution >= 0.6 is 15.9 Å².